The predicted molar refractivity (Wildman–Crippen MR) is 124 cm³/mol. The molecule has 162 valence electrons. The molecule has 3 aromatic rings. The highest BCUT2D eigenvalue weighted by Crippen LogP contribution is 2.32. The normalized spacial score (nSPS) is 13.4. The lowest BCUT2D eigenvalue weighted by molar-refractivity contribution is 0.0363. The van der Waals surface area contributed by atoms with Crippen molar-refractivity contribution < 1.29 is 9.84 Å². The molecule has 0 spiro atoms. The average molecular weight is 409 g/mol. The van der Waals surface area contributed by atoms with Crippen LogP contribution in [0.3, 0.4) is 0 Å². The molecule has 30 heavy (non-hydrogen) atoms. The third-order valence-corrected chi connectivity index (χ3v) is 5.73. The van der Waals surface area contributed by atoms with E-state index in [0.717, 1.165) is 28.8 Å². The Morgan fingerprint density at radius 2 is 1.57 bits per heavy atom. The van der Waals surface area contributed by atoms with Crippen molar-refractivity contribution in [2.24, 2.45) is 0 Å². The number of hydrogen-bond donors (Lipinski definition) is 1. The van der Waals surface area contributed by atoms with E-state index >= 15 is 0 Å². The van der Waals surface area contributed by atoms with Gasteiger partial charge >= 0.3 is 0 Å². The van der Waals surface area contributed by atoms with Gasteiger partial charge in [-0.1, -0.05) is 82.2 Å². The molecular weight excluding hydrogens is 372 g/mol. The number of benzene rings is 2. The van der Waals surface area contributed by atoms with E-state index < -0.39 is 5.60 Å². The van der Waals surface area contributed by atoms with Crippen molar-refractivity contribution in [2.45, 2.75) is 77.4 Å². The van der Waals surface area contributed by atoms with E-state index in [1.165, 1.54) is 44.9 Å². The minimum atomic E-state index is -1.06. The molecule has 0 aliphatic heterocycles. The van der Waals surface area contributed by atoms with E-state index in [1.807, 2.05) is 60.0 Å². The van der Waals surface area contributed by atoms with Crippen molar-refractivity contribution in [2.75, 3.05) is 6.61 Å². The quantitative estimate of drug-likeness (QED) is 0.330. The summed E-state index contributed by atoms with van der Waals surface area (Å²) in [4.78, 5) is 4.44. The molecule has 4 heteroatoms. The Hall–Kier alpha value is -2.33. The van der Waals surface area contributed by atoms with Crippen LogP contribution in [0.25, 0.3) is 11.0 Å². The molecule has 0 amide bonds. The molecule has 0 aliphatic carbocycles. The van der Waals surface area contributed by atoms with Crippen LogP contribution in [0.4, 0.5) is 0 Å². The Morgan fingerprint density at radius 3 is 2.37 bits per heavy atom. The largest absolute Gasteiger partial charge is 0.493 e. The molecule has 2 aromatic carbocycles. The monoisotopic (exact) mass is 408 g/mol. The molecule has 1 heterocycles. The molecule has 0 radical (unpaired) electrons. The summed E-state index contributed by atoms with van der Waals surface area (Å²) in [5.74, 6) is 0.773. The summed E-state index contributed by atoms with van der Waals surface area (Å²) < 4.78 is 8.10. The first-order chi connectivity index (χ1) is 14.6. The van der Waals surface area contributed by atoms with E-state index in [4.69, 9.17) is 4.74 Å². The fourth-order valence-electron chi connectivity index (χ4n) is 4.01. The first-order valence-electron chi connectivity index (χ1n) is 11.5. The van der Waals surface area contributed by atoms with Crippen LogP contribution in [0.5, 0.6) is 5.75 Å². The zero-order chi connectivity index (χ0) is 21.2. The van der Waals surface area contributed by atoms with Crippen molar-refractivity contribution >= 4 is 11.0 Å². The Kier molecular flexibility index (Phi) is 8.32. The number of imidazole rings is 1. The Bertz CT molecular complexity index is 901. The lowest BCUT2D eigenvalue weighted by atomic mass is 9.94. The van der Waals surface area contributed by atoms with Crippen molar-refractivity contribution in [3.05, 3.63) is 60.4 Å². The summed E-state index contributed by atoms with van der Waals surface area (Å²) in [6, 6.07) is 15.8. The molecule has 0 saturated carbocycles. The molecule has 0 saturated heterocycles. The van der Waals surface area contributed by atoms with Crippen molar-refractivity contribution in [1.82, 2.24) is 9.55 Å². The maximum atomic E-state index is 11.3. The zero-order valence-electron chi connectivity index (χ0n) is 18.5. The molecular formula is C26H36N2O2. The van der Waals surface area contributed by atoms with E-state index in [2.05, 4.69) is 11.9 Å². The number of nitrogens with zero attached hydrogens (tertiary/aromatic N) is 2. The summed E-state index contributed by atoms with van der Waals surface area (Å²) in [7, 11) is 0. The van der Waals surface area contributed by atoms with Gasteiger partial charge in [0.25, 0.3) is 0 Å². The van der Waals surface area contributed by atoms with Crippen molar-refractivity contribution in [3.8, 4) is 5.75 Å². The summed E-state index contributed by atoms with van der Waals surface area (Å²) in [5, 5.41) is 11.3. The highest BCUT2D eigenvalue weighted by molar-refractivity contribution is 5.74. The van der Waals surface area contributed by atoms with Crippen LogP contribution in [-0.2, 0) is 12.1 Å². The molecule has 3 rings (SSSR count). The maximum Gasteiger partial charge on any atom is 0.125 e. The minimum Gasteiger partial charge on any atom is -0.493 e. The Morgan fingerprint density at radius 1 is 0.900 bits per heavy atom. The van der Waals surface area contributed by atoms with Crippen molar-refractivity contribution in [3.63, 3.8) is 0 Å². The number of hydrogen-bond acceptors (Lipinski definition) is 3. The Labute approximate surface area is 180 Å². The standard InChI is InChI=1S/C26H36N2O2/c1-3-4-5-6-7-8-9-14-19-30-25-18-13-10-15-22(25)26(2,29)20-28-21-27-23-16-11-12-17-24(23)28/h10-13,15-18,21,29H,3-9,14,19-20H2,1-2H3. The van der Waals surface area contributed by atoms with E-state index in [0.29, 0.717) is 13.2 Å². The number of aromatic nitrogens is 2. The molecule has 0 bridgehead atoms. The average Bonchev–Trinajstić information content (AvgIpc) is 3.15. The van der Waals surface area contributed by atoms with Crippen LogP contribution in [0.1, 0.15) is 70.8 Å². The second-order valence-electron chi connectivity index (χ2n) is 8.45. The van der Waals surface area contributed by atoms with Crippen molar-refractivity contribution in [1.29, 1.82) is 0 Å². The lowest BCUT2D eigenvalue weighted by Crippen LogP contribution is -2.28. The zero-order valence-corrected chi connectivity index (χ0v) is 18.5. The second kappa shape index (κ2) is 11.2. The molecule has 0 fully saturated rings. The van der Waals surface area contributed by atoms with Gasteiger partial charge in [-0.15, -0.1) is 0 Å². The third kappa shape index (κ3) is 6.09. The van der Waals surface area contributed by atoms with Gasteiger partial charge < -0.3 is 14.4 Å². The summed E-state index contributed by atoms with van der Waals surface area (Å²) in [6.45, 7) is 5.21. The van der Waals surface area contributed by atoms with Crippen LogP contribution in [-0.4, -0.2) is 21.3 Å². The van der Waals surface area contributed by atoms with Crippen LogP contribution in [0, 0.1) is 0 Å². The number of fused-ring (bicyclic) bond motifs is 1. The van der Waals surface area contributed by atoms with Gasteiger partial charge in [0.1, 0.15) is 11.4 Å². The fourth-order valence-corrected chi connectivity index (χ4v) is 4.01. The topological polar surface area (TPSA) is 47.3 Å². The molecule has 1 unspecified atom stereocenters. The first kappa shape index (κ1) is 22.4. The van der Waals surface area contributed by atoms with Crippen LogP contribution in [0.2, 0.25) is 0 Å². The molecule has 4 nitrogen and oxygen atoms in total. The van der Waals surface area contributed by atoms with Gasteiger partial charge in [-0.25, -0.2) is 4.98 Å². The van der Waals surface area contributed by atoms with E-state index in [1.54, 1.807) is 6.33 Å². The predicted octanol–water partition coefficient (Wildman–Crippen LogP) is 6.46. The maximum absolute atomic E-state index is 11.3. The highest BCUT2D eigenvalue weighted by atomic mass is 16.5. The third-order valence-electron chi connectivity index (χ3n) is 5.73. The summed E-state index contributed by atoms with van der Waals surface area (Å²) in [5.41, 5.74) is 1.73. The van der Waals surface area contributed by atoms with Gasteiger partial charge in [0.05, 0.1) is 30.5 Å². The van der Waals surface area contributed by atoms with Gasteiger partial charge in [0.15, 0.2) is 0 Å². The molecule has 1 N–H and O–H groups in total. The number of para-hydroxylation sites is 3. The van der Waals surface area contributed by atoms with Crippen LogP contribution in [0.15, 0.2) is 54.9 Å². The van der Waals surface area contributed by atoms with Gasteiger partial charge in [-0.05, 0) is 31.5 Å². The molecule has 1 aromatic heterocycles. The number of aliphatic hydroxyl groups is 1. The summed E-state index contributed by atoms with van der Waals surface area (Å²) in [6.07, 6.45) is 12.0. The second-order valence-corrected chi connectivity index (χ2v) is 8.45. The Balaban J connectivity index is 1.55. The van der Waals surface area contributed by atoms with Gasteiger partial charge in [0.2, 0.25) is 0 Å². The smallest absolute Gasteiger partial charge is 0.125 e. The van der Waals surface area contributed by atoms with Crippen LogP contribution < -0.4 is 4.74 Å². The van der Waals surface area contributed by atoms with E-state index in [9.17, 15) is 5.11 Å². The van der Waals surface area contributed by atoms with Gasteiger partial charge in [-0.3, -0.25) is 0 Å². The fraction of sp³-hybridized carbons (Fsp3) is 0.500. The molecule has 0 aliphatic rings. The van der Waals surface area contributed by atoms with Gasteiger partial charge in [0, 0.05) is 5.56 Å². The molecule has 1 atom stereocenters. The highest BCUT2D eigenvalue weighted by Gasteiger charge is 2.28. The lowest BCUT2D eigenvalue weighted by Gasteiger charge is -2.27. The first-order valence-corrected chi connectivity index (χ1v) is 11.5. The minimum absolute atomic E-state index is 0.422. The number of rotatable bonds is 13. The summed E-state index contributed by atoms with van der Waals surface area (Å²) >= 11 is 0. The number of ether oxygens (including phenoxy) is 1. The van der Waals surface area contributed by atoms with Gasteiger partial charge in [-0.2, -0.15) is 0 Å². The van der Waals surface area contributed by atoms with Crippen LogP contribution >= 0.6 is 0 Å². The SMILES string of the molecule is CCCCCCCCCCOc1ccccc1C(C)(O)Cn1cnc2ccccc21. The number of unbranched alkanes of at least 4 members (excludes halogenated alkanes) is 7. The van der Waals surface area contributed by atoms with E-state index in [-0.39, 0.29) is 0 Å².